The van der Waals surface area contributed by atoms with Crippen LogP contribution in [0, 0.1) is 11.3 Å². The van der Waals surface area contributed by atoms with Gasteiger partial charge in [-0.2, -0.15) is 0 Å². The van der Waals surface area contributed by atoms with Crippen LogP contribution < -0.4 is 16.0 Å². The molecule has 0 radical (unpaired) electrons. The maximum atomic E-state index is 11.8. The Kier molecular flexibility index (Phi) is 4.51. The van der Waals surface area contributed by atoms with E-state index in [0.29, 0.717) is 19.0 Å². The summed E-state index contributed by atoms with van der Waals surface area (Å²) in [5, 5.41) is 8.52. The number of nitrogens with one attached hydrogen (secondary N) is 3. The molecule has 0 spiro atoms. The summed E-state index contributed by atoms with van der Waals surface area (Å²) in [5.74, 6) is 0.400. The van der Waals surface area contributed by atoms with Gasteiger partial charge in [0.25, 0.3) is 0 Å². The molecule has 1 atom stereocenters. The second kappa shape index (κ2) is 5.49. The highest BCUT2D eigenvalue weighted by molar-refractivity contribution is 5.86. The van der Waals surface area contributed by atoms with Crippen LogP contribution in [0.15, 0.2) is 0 Å². The number of piperazine rings is 1. The minimum absolute atomic E-state index is 0.0428. The Hall–Kier alpha value is -1.10. The maximum Gasteiger partial charge on any atom is 0.238 e. The van der Waals surface area contributed by atoms with Crippen LogP contribution in [0.25, 0.3) is 0 Å². The molecule has 0 aliphatic carbocycles. The van der Waals surface area contributed by atoms with Crippen LogP contribution >= 0.6 is 0 Å². The van der Waals surface area contributed by atoms with Crippen LogP contribution in [0.2, 0.25) is 0 Å². The van der Waals surface area contributed by atoms with Gasteiger partial charge in [0.15, 0.2) is 0 Å². The number of amides is 2. The monoisotopic (exact) mass is 241 g/mol. The number of rotatable bonds is 4. The van der Waals surface area contributed by atoms with E-state index in [1.807, 2.05) is 0 Å². The van der Waals surface area contributed by atoms with Gasteiger partial charge in [0, 0.05) is 13.1 Å². The van der Waals surface area contributed by atoms with Crippen molar-refractivity contribution < 1.29 is 9.59 Å². The fourth-order valence-electron chi connectivity index (χ4n) is 1.39. The van der Waals surface area contributed by atoms with Gasteiger partial charge in [0.05, 0.1) is 6.54 Å². The van der Waals surface area contributed by atoms with Crippen molar-refractivity contribution in [3.63, 3.8) is 0 Å². The van der Waals surface area contributed by atoms with E-state index >= 15 is 0 Å². The van der Waals surface area contributed by atoms with Crippen LogP contribution in [0.3, 0.4) is 0 Å². The molecule has 1 saturated heterocycles. The summed E-state index contributed by atoms with van der Waals surface area (Å²) in [5.41, 5.74) is 0.0770. The van der Waals surface area contributed by atoms with Crippen molar-refractivity contribution in [1.82, 2.24) is 16.0 Å². The largest absolute Gasteiger partial charge is 0.354 e. The zero-order valence-corrected chi connectivity index (χ0v) is 11.1. The van der Waals surface area contributed by atoms with Crippen molar-refractivity contribution >= 4 is 11.8 Å². The number of carbonyl (C=O) groups is 2. The summed E-state index contributed by atoms with van der Waals surface area (Å²) in [4.78, 5) is 22.8. The Bertz CT molecular complexity index is 290. The van der Waals surface area contributed by atoms with Gasteiger partial charge in [-0.15, -0.1) is 0 Å². The molecule has 1 unspecified atom stereocenters. The highest BCUT2D eigenvalue weighted by Gasteiger charge is 2.27. The molecule has 1 aliphatic heterocycles. The molecule has 17 heavy (non-hydrogen) atoms. The van der Waals surface area contributed by atoms with Crippen LogP contribution in [-0.4, -0.2) is 37.5 Å². The molecule has 3 N–H and O–H groups in total. The molecule has 5 heteroatoms. The van der Waals surface area contributed by atoms with Gasteiger partial charge in [0.2, 0.25) is 11.8 Å². The lowest BCUT2D eigenvalue weighted by Gasteiger charge is -2.31. The van der Waals surface area contributed by atoms with Gasteiger partial charge >= 0.3 is 0 Å². The molecule has 1 heterocycles. The quantitative estimate of drug-likeness (QED) is 0.642. The van der Waals surface area contributed by atoms with Crippen LogP contribution in [0.5, 0.6) is 0 Å². The van der Waals surface area contributed by atoms with E-state index < -0.39 is 0 Å². The SMILES string of the molecule is CC(C)C(C)(C)CNC(=O)C1CNC(=O)CN1. The van der Waals surface area contributed by atoms with Gasteiger partial charge in [-0.3, -0.25) is 14.9 Å². The van der Waals surface area contributed by atoms with Crippen molar-refractivity contribution in [3.8, 4) is 0 Å². The molecule has 1 aliphatic rings. The highest BCUT2D eigenvalue weighted by Crippen LogP contribution is 2.24. The Morgan fingerprint density at radius 1 is 1.53 bits per heavy atom. The second-order valence-corrected chi connectivity index (χ2v) is 5.60. The minimum atomic E-state index is -0.310. The van der Waals surface area contributed by atoms with Crippen LogP contribution in [0.1, 0.15) is 27.7 Å². The third-order valence-electron chi connectivity index (χ3n) is 3.61. The molecule has 0 aromatic carbocycles. The van der Waals surface area contributed by atoms with Crippen LogP contribution in [0.4, 0.5) is 0 Å². The van der Waals surface area contributed by atoms with Crippen molar-refractivity contribution in [2.75, 3.05) is 19.6 Å². The molecule has 1 rings (SSSR count). The smallest absolute Gasteiger partial charge is 0.238 e. The highest BCUT2D eigenvalue weighted by atomic mass is 16.2. The predicted octanol–water partition coefficient (Wildman–Crippen LogP) is -0.127. The van der Waals surface area contributed by atoms with Crippen molar-refractivity contribution in [2.45, 2.75) is 33.7 Å². The van der Waals surface area contributed by atoms with Crippen molar-refractivity contribution in [3.05, 3.63) is 0 Å². The molecular formula is C12H23N3O2. The first kappa shape index (κ1) is 14.0. The van der Waals surface area contributed by atoms with Gasteiger partial charge in [-0.25, -0.2) is 0 Å². The fraction of sp³-hybridized carbons (Fsp3) is 0.833. The second-order valence-electron chi connectivity index (χ2n) is 5.60. The number of hydrogen-bond acceptors (Lipinski definition) is 3. The molecule has 0 aromatic rings. The van der Waals surface area contributed by atoms with E-state index in [2.05, 4.69) is 43.6 Å². The lowest BCUT2D eigenvalue weighted by molar-refractivity contribution is -0.126. The Morgan fingerprint density at radius 2 is 2.18 bits per heavy atom. The Balaban J connectivity index is 2.37. The zero-order chi connectivity index (χ0) is 13.1. The van der Waals surface area contributed by atoms with Crippen molar-refractivity contribution in [2.24, 2.45) is 11.3 Å². The summed E-state index contributed by atoms with van der Waals surface area (Å²) in [6.45, 7) is 9.78. The lowest BCUT2D eigenvalue weighted by atomic mass is 9.81. The molecular weight excluding hydrogens is 218 g/mol. The van der Waals surface area contributed by atoms with E-state index in [1.165, 1.54) is 0 Å². The molecule has 98 valence electrons. The van der Waals surface area contributed by atoms with Crippen LogP contribution in [-0.2, 0) is 9.59 Å². The van der Waals surface area contributed by atoms with Crippen molar-refractivity contribution in [1.29, 1.82) is 0 Å². The molecule has 2 amide bonds. The fourth-order valence-corrected chi connectivity index (χ4v) is 1.39. The average molecular weight is 241 g/mol. The van der Waals surface area contributed by atoms with E-state index in [-0.39, 0.29) is 29.8 Å². The van der Waals surface area contributed by atoms with Gasteiger partial charge in [-0.05, 0) is 11.3 Å². The summed E-state index contributed by atoms with van der Waals surface area (Å²) >= 11 is 0. The molecule has 1 fully saturated rings. The molecule has 0 bridgehead atoms. The standard InChI is InChI=1S/C12H23N3O2/c1-8(2)12(3,4)7-15-11(17)9-5-14-10(16)6-13-9/h8-9,13H,5-7H2,1-4H3,(H,14,16)(H,15,17). The lowest BCUT2D eigenvalue weighted by Crippen LogP contribution is -2.58. The average Bonchev–Trinajstić information content (AvgIpc) is 2.27. The molecule has 0 saturated carbocycles. The third kappa shape index (κ3) is 4.00. The van der Waals surface area contributed by atoms with Gasteiger partial charge < -0.3 is 10.6 Å². The normalized spacial score (nSPS) is 21.2. The zero-order valence-electron chi connectivity index (χ0n) is 11.1. The number of hydrogen-bond donors (Lipinski definition) is 3. The van der Waals surface area contributed by atoms with E-state index in [0.717, 1.165) is 0 Å². The Morgan fingerprint density at radius 3 is 2.65 bits per heavy atom. The first-order chi connectivity index (χ1) is 7.83. The van der Waals surface area contributed by atoms with Gasteiger partial charge in [0.1, 0.15) is 6.04 Å². The molecule has 5 nitrogen and oxygen atoms in total. The summed E-state index contributed by atoms with van der Waals surface area (Å²) in [7, 11) is 0. The minimum Gasteiger partial charge on any atom is -0.354 e. The Labute approximate surface area is 103 Å². The van der Waals surface area contributed by atoms with E-state index in [1.54, 1.807) is 0 Å². The third-order valence-corrected chi connectivity index (χ3v) is 3.61. The summed E-state index contributed by atoms with van der Waals surface area (Å²) < 4.78 is 0. The molecule has 0 aromatic heterocycles. The summed E-state index contributed by atoms with van der Waals surface area (Å²) in [6.07, 6.45) is 0. The predicted molar refractivity (Wildman–Crippen MR) is 66.4 cm³/mol. The van der Waals surface area contributed by atoms with E-state index in [4.69, 9.17) is 0 Å². The first-order valence-electron chi connectivity index (χ1n) is 6.10. The first-order valence-corrected chi connectivity index (χ1v) is 6.10. The topological polar surface area (TPSA) is 70.2 Å². The summed E-state index contributed by atoms with van der Waals surface area (Å²) in [6, 6.07) is -0.310. The maximum absolute atomic E-state index is 11.8. The van der Waals surface area contributed by atoms with Gasteiger partial charge in [-0.1, -0.05) is 27.7 Å². The van der Waals surface area contributed by atoms with E-state index in [9.17, 15) is 9.59 Å². The number of carbonyl (C=O) groups excluding carboxylic acids is 2.